The summed E-state index contributed by atoms with van der Waals surface area (Å²) in [6, 6.07) is 6.63. The third-order valence-electron chi connectivity index (χ3n) is 4.33. The van der Waals surface area contributed by atoms with Gasteiger partial charge in [0.05, 0.1) is 5.69 Å². The molecule has 5 nitrogen and oxygen atoms in total. The van der Waals surface area contributed by atoms with Crippen LogP contribution in [0.4, 0.5) is 4.39 Å². The van der Waals surface area contributed by atoms with Gasteiger partial charge in [-0.1, -0.05) is 0 Å². The molecule has 1 N–H and O–H groups in total. The predicted octanol–water partition coefficient (Wildman–Crippen LogP) is 2.06. The second kappa shape index (κ2) is 6.12. The highest BCUT2D eigenvalue weighted by Gasteiger charge is 2.24. The molecule has 1 aromatic heterocycles. The largest absolute Gasteiger partial charge is 0.337 e. The zero-order valence-electron chi connectivity index (χ0n) is 13.6. The molecular formula is C17H21FN4O. The van der Waals surface area contributed by atoms with E-state index in [0.717, 1.165) is 30.9 Å². The summed E-state index contributed by atoms with van der Waals surface area (Å²) in [5.41, 5.74) is 2.41. The first-order chi connectivity index (χ1) is 11.0. The SMILES string of the molecule is Cc1cc(C)n(-c2ccc(C(=O)N(C)C3CCNC3)cc2F)n1. The Kier molecular flexibility index (Phi) is 4.17. The van der Waals surface area contributed by atoms with Crippen LogP contribution < -0.4 is 5.32 Å². The number of carbonyl (C=O) groups excluding carboxylic acids is 1. The molecule has 0 aliphatic carbocycles. The molecule has 0 spiro atoms. The van der Waals surface area contributed by atoms with Crippen molar-refractivity contribution in [2.75, 3.05) is 20.1 Å². The first kappa shape index (κ1) is 15.7. The van der Waals surface area contributed by atoms with Crippen LogP contribution in [-0.4, -0.2) is 46.8 Å². The number of nitrogens with one attached hydrogen (secondary N) is 1. The Morgan fingerprint density at radius 2 is 2.17 bits per heavy atom. The van der Waals surface area contributed by atoms with E-state index in [1.165, 1.54) is 6.07 Å². The van der Waals surface area contributed by atoms with Crippen molar-refractivity contribution >= 4 is 5.91 Å². The van der Waals surface area contributed by atoms with Crippen molar-refractivity contribution in [2.45, 2.75) is 26.3 Å². The Balaban J connectivity index is 1.87. The van der Waals surface area contributed by atoms with E-state index in [1.807, 2.05) is 19.9 Å². The van der Waals surface area contributed by atoms with E-state index in [0.29, 0.717) is 11.3 Å². The first-order valence-electron chi connectivity index (χ1n) is 7.78. The lowest BCUT2D eigenvalue weighted by Gasteiger charge is -2.24. The highest BCUT2D eigenvalue weighted by atomic mass is 19.1. The van der Waals surface area contributed by atoms with E-state index in [1.54, 1.807) is 28.8 Å². The number of aromatic nitrogens is 2. The molecule has 1 saturated heterocycles. The van der Waals surface area contributed by atoms with Gasteiger partial charge in [-0.25, -0.2) is 9.07 Å². The van der Waals surface area contributed by atoms with E-state index in [9.17, 15) is 9.18 Å². The van der Waals surface area contributed by atoms with Crippen LogP contribution in [0.15, 0.2) is 24.3 Å². The summed E-state index contributed by atoms with van der Waals surface area (Å²) in [5.74, 6) is -0.600. The van der Waals surface area contributed by atoms with Crippen molar-refractivity contribution in [3.63, 3.8) is 0 Å². The number of likely N-dealkylation sites (N-methyl/N-ethyl adjacent to an activating group) is 1. The highest BCUT2D eigenvalue weighted by molar-refractivity contribution is 5.94. The molecule has 1 amide bonds. The normalized spacial score (nSPS) is 17.5. The standard InChI is InChI=1S/C17H21FN4O/c1-11-8-12(2)22(20-11)16-5-4-13(9-15(16)18)17(23)21(3)14-6-7-19-10-14/h4-5,8-9,14,19H,6-7,10H2,1-3H3. The fourth-order valence-electron chi connectivity index (χ4n) is 3.02. The van der Waals surface area contributed by atoms with Gasteiger partial charge >= 0.3 is 0 Å². The Morgan fingerprint density at radius 3 is 2.74 bits per heavy atom. The summed E-state index contributed by atoms with van der Waals surface area (Å²) in [4.78, 5) is 14.2. The maximum atomic E-state index is 14.5. The molecule has 2 heterocycles. The summed E-state index contributed by atoms with van der Waals surface area (Å²) in [6.07, 6.45) is 0.925. The van der Waals surface area contributed by atoms with Crippen LogP contribution in [0.2, 0.25) is 0 Å². The molecule has 1 fully saturated rings. The van der Waals surface area contributed by atoms with Gasteiger partial charge in [0.25, 0.3) is 5.91 Å². The van der Waals surface area contributed by atoms with Crippen molar-refractivity contribution in [3.05, 3.63) is 47.0 Å². The fraction of sp³-hybridized carbons (Fsp3) is 0.412. The van der Waals surface area contributed by atoms with E-state index in [2.05, 4.69) is 10.4 Å². The summed E-state index contributed by atoms with van der Waals surface area (Å²) in [5, 5.41) is 7.52. The molecule has 122 valence electrons. The van der Waals surface area contributed by atoms with E-state index in [-0.39, 0.29) is 11.9 Å². The van der Waals surface area contributed by atoms with Crippen molar-refractivity contribution < 1.29 is 9.18 Å². The van der Waals surface area contributed by atoms with Crippen molar-refractivity contribution in [1.82, 2.24) is 20.0 Å². The summed E-state index contributed by atoms with van der Waals surface area (Å²) in [6.45, 7) is 5.44. The molecule has 2 aromatic rings. The molecule has 3 rings (SSSR count). The molecule has 1 aliphatic heterocycles. The van der Waals surface area contributed by atoms with Gasteiger partial charge in [-0.15, -0.1) is 0 Å². The molecule has 0 saturated carbocycles. The Bertz CT molecular complexity index is 734. The number of rotatable bonds is 3. The second-order valence-corrected chi connectivity index (χ2v) is 6.07. The number of aryl methyl sites for hydroxylation is 2. The maximum Gasteiger partial charge on any atom is 0.253 e. The monoisotopic (exact) mass is 316 g/mol. The smallest absolute Gasteiger partial charge is 0.253 e. The number of carbonyl (C=O) groups is 1. The summed E-state index contributed by atoms with van der Waals surface area (Å²) in [7, 11) is 1.77. The van der Waals surface area contributed by atoms with Gasteiger partial charge in [0.2, 0.25) is 0 Å². The van der Waals surface area contributed by atoms with Crippen LogP contribution >= 0.6 is 0 Å². The Morgan fingerprint density at radius 1 is 1.39 bits per heavy atom. The van der Waals surface area contributed by atoms with Gasteiger partial charge < -0.3 is 10.2 Å². The zero-order valence-corrected chi connectivity index (χ0v) is 13.6. The van der Waals surface area contributed by atoms with Crippen LogP contribution in [0.25, 0.3) is 5.69 Å². The van der Waals surface area contributed by atoms with Crippen LogP contribution in [0.5, 0.6) is 0 Å². The van der Waals surface area contributed by atoms with Gasteiger partial charge in [0.15, 0.2) is 0 Å². The number of hydrogen-bond donors (Lipinski definition) is 1. The van der Waals surface area contributed by atoms with Gasteiger partial charge in [-0.3, -0.25) is 4.79 Å². The lowest BCUT2D eigenvalue weighted by atomic mass is 10.1. The lowest BCUT2D eigenvalue weighted by molar-refractivity contribution is 0.0743. The molecule has 6 heteroatoms. The number of benzene rings is 1. The van der Waals surface area contributed by atoms with Crippen LogP contribution in [-0.2, 0) is 0 Å². The molecule has 0 bridgehead atoms. The van der Waals surface area contributed by atoms with E-state index in [4.69, 9.17) is 0 Å². The molecule has 0 radical (unpaired) electrons. The number of nitrogens with zero attached hydrogens (tertiary/aromatic N) is 3. The number of hydrogen-bond acceptors (Lipinski definition) is 3. The molecule has 1 atom stereocenters. The van der Waals surface area contributed by atoms with Gasteiger partial charge in [-0.2, -0.15) is 5.10 Å². The minimum absolute atomic E-state index is 0.155. The molecular weight excluding hydrogens is 295 g/mol. The number of amides is 1. The lowest BCUT2D eigenvalue weighted by Crippen LogP contribution is -2.38. The zero-order chi connectivity index (χ0) is 16.6. The minimum Gasteiger partial charge on any atom is -0.337 e. The third-order valence-corrected chi connectivity index (χ3v) is 4.33. The van der Waals surface area contributed by atoms with Crippen molar-refractivity contribution in [1.29, 1.82) is 0 Å². The molecule has 1 aromatic carbocycles. The van der Waals surface area contributed by atoms with E-state index >= 15 is 0 Å². The minimum atomic E-state index is -0.444. The third kappa shape index (κ3) is 2.99. The van der Waals surface area contributed by atoms with E-state index < -0.39 is 5.82 Å². The van der Waals surface area contributed by atoms with Gasteiger partial charge in [0.1, 0.15) is 11.5 Å². The Hall–Kier alpha value is -2.21. The van der Waals surface area contributed by atoms with Crippen LogP contribution in [0.3, 0.4) is 0 Å². The van der Waals surface area contributed by atoms with Crippen LogP contribution in [0.1, 0.15) is 28.2 Å². The highest BCUT2D eigenvalue weighted by Crippen LogP contribution is 2.19. The summed E-state index contributed by atoms with van der Waals surface area (Å²) < 4.78 is 16.0. The first-order valence-corrected chi connectivity index (χ1v) is 7.78. The fourth-order valence-corrected chi connectivity index (χ4v) is 3.02. The quantitative estimate of drug-likeness (QED) is 0.943. The average Bonchev–Trinajstić information content (AvgIpc) is 3.15. The maximum absolute atomic E-state index is 14.5. The van der Waals surface area contributed by atoms with Crippen LogP contribution in [0, 0.1) is 19.7 Å². The second-order valence-electron chi connectivity index (χ2n) is 6.07. The average molecular weight is 316 g/mol. The van der Waals surface area contributed by atoms with Crippen molar-refractivity contribution in [3.8, 4) is 5.69 Å². The molecule has 1 aliphatic rings. The predicted molar refractivity (Wildman–Crippen MR) is 86.4 cm³/mol. The molecule has 1 unspecified atom stereocenters. The topological polar surface area (TPSA) is 50.2 Å². The summed E-state index contributed by atoms with van der Waals surface area (Å²) >= 11 is 0. The Labute approximate surface area is 135 Å². The van der Waals surface area contributed by atoms with Gasteiger partial charge in [0, 0.05) is 30.9 Å². The van der Waals surface area contributed by atoms with Crippen molar-refractivity contribution in [2.24, 2.45) is 0 Å². The number of halogens is 1. The van der Waals surface area contributed by atoms with Gasteiger partial charge in [-0.05, 0) is 51.1 Å². The molecule has 23 heavy (non-hydrogen) atoms.